The summed E-state index contributed by atoms with van der Waals surface area (Å²) >= 11 is 0. The second-order valence-electron chi connectivity index (χ2n) is 6.54. The van der Waals surface area contributed by atoms with E-state index in [1.165, 1.54) is 5.56 Å². The first-order valence-corrected chi connectivity index (χ1v) is 9.04. The van der Waals surface area contributed by atoms with Crippen LogP contribution < -0.4 is 14.8 Å². The minimum absolute atomic E-state index is 0.0742. The second-order valence-corrected chi connectivity index (χ2v) is 6.54. The predicted octanol–water partition coefficient (Wildman–Crippen LogP) is 4.51. The van der Waals surface area contributed by atoms with Crippen molar-refractivity contribution in [2.75, 3.05) is 32.6 Å². The van der Waals surface area contributed by atoms with Gasteiger partial charge in [0.25, 0.3) is 0 Å². The maximum Gasteiger partial charge on any atom is 0.321 e. The first-order valence-electron chi connectivity index (χ1n) is 9.04. The Morgan fingerprint density at radius 2 is 1.81 bits per heavy atom. The van der Waals surface area contributed by atoms with E-state index in [9.17, 15) is 4.79 Å². The van der Waals surface area contributed by atoms with Crippen molar-refractivity contribution in [1.82, 2.24) is 4.90 Å². The number of hydrogen-bond acceptors (Lipinski definition) is 3. The molecule has 0 radical (unpaired) electrons. The third-order valence-electron chi connectivity index (χ3n) is 4.89. The molecule has 5 heteroatoms. The van der Waals surface area contributed by atoms with Crippen LogP contribution in [0.3, 0.4) is 0 Å². The molecule has 0 saturated carbocycles. The van der Waals surface area contributed by atoms with Crippen molar-refractivity contribution in [3.8, 4) is 11.5 Å². The van der Waals surface area contributed by atoms with Crippen LogP contribution in [0.2, 0.25) is 0 Å². The van der Waals surface area contributed by atoms with Crippen molar-refractivity contribution in [3.05, 3.63) is 54.1 Å². The summed E-state index contributed by atoms with van der Waals surface area (Å²) in [4.78, 5) is 14.7. The molecule has 1 aliphatic heterocycles. The van der Waals surface area contributed by atoms with Crippen LogP contribution in [0.4, 0.5) is 10.5 Å². The van der Waals surface area contributed by atoms with Crippen LogP contribution in [0.5, 0.6) is 11.5 Å². The minimum Gasteiger partial charge on any atom is -0.497 e. The van der Waals surface area contributed by atoms with Crippen molar-refractivity contribution in [2.45, 2.75) is 25.2 Å². The molecule has 0 bridgehead atoms. The molecule has 138 valence electrons. The smallest absolute Gasteiger partial charge is 0.321 e. The second kappa shape index (κ2) is 8.61. The van der Waals surface area contributed by atoms with Gasteiger partial charge in [0.2, 0.25) is 0 Å². The van der Waals surface area contributed by atoms with Gasteiger partial charge in [0.15, 0.2) is 0 Å². The molecule has 1 N–H and O–H groups in total. The first kappa shape index (κ1) is 18.1. The van der Waals surface area contributed by atoms with Crippen LogP contribution in [-0.4, -0.2) is 38.2 Å². The van der Waals surface area contributed by atoms with Crippen LogP contribution in [0.15, 0.2) is 48.5 Å². The zero-order valence-corrected chi connectivity index (χ0v) is 15.4. The number of amides is 2. The summed E-state index contributed by atoms with van der Waals surface area (Å²) in [5.74, 6) is 1.86. The maximum atomic E-state index is 12.8. The zero-order valence-electron chi connectivity index (χ0n) is 15.4. The number of likely N-dealkylation sites (tertiary alicyclic amines) is 1. The van der Waals surface area contributed by atoms with E-state index in [0.29, 0.717) is 23.9 Å². The number of hydrogen-bond donors (Lipinski definition) is 1. The highest BCUT2D eigenvalue weighted by molar-refractivity contribution is 5.91. The number of methoxy groups -OCH3 is 2. The quantitative estimate of drug-likeness (QED) is 0.879. The molecule has 0 spiro atoms. The summed E-state index contributed by atoms with van der Waals surface area (Å²) in [5.41, 5.74) is 1.95. The van der Waals surface area contributed by atoms with Crippen LogP contribution in [0, 0.1) is 0 Å². The summed E-state index contributed by atoms with van der Waals surface area (Å²) < 4.78 is 10.6. The largest absolute Gasteiger partial charge is 0.497 e. The third kappa shape index (κ3) is 4.28. The fourth-order valence-corrected chi connectivity index (χ4v) is 3.42. The number of benzene rings is 2. The Balaban J connectivity index is 1.71. The summed E-state index contributed by atoms with van der Waals surface area (Å²) in [7, 11) is 3.28. The number of carbonyl (C=O) groups excluding carboxylic acids is 1. The molecular weight excluding hydrogens is 328 g/mol. The lowest BCUT2D eigenvalue weighted by Crippen LogP contribution is -2.37. The molecule has 2 aromatic rings. The van der Waals surface area contributed by atoms with Gasteiger partial charge in [-0.25, -0.2) is 4.79 Å². The number of anilines is 1. The number of para-hydroxylation sites is 2. The van der Waals surface area contributed by atoms with Crippen LogP contribution in [-0.2, 0) is 0 Å². The van der Waals surface area contributed by atoms with E-state index in [0.717, 1.165) is 31.6 Å². The molecular formula is C21H26N2O3. The van der Waals surface area contributed by atoms with Gasteiger partial charge in [0, 0.05) is 19.0 Å². The Kier molecular flexibility index (Phi) is 6.00. The highest BCUT2D eigenvalue weighted by Gasteiger charge is 2.23. The van der Waals surface area contributed by atoms with E-state index in [2.05, 4.69) is 17.4 Å². The monoisotopic (exact) mass is 354 g/mol. The Hall–Kier alpha value is -2.69. The topological polar surface area (TPSA) is 50.8 Å². The predicted molar refractivity (Wildman–Crippen MR) is 103 cm³/mol. The SMILES string of the molecule is COc1ccc(C2CCCCN(C(=O)Nc3ccccc3OC)C2)cc1. The van der Waals surface area contributed by atoms with Gasteiger partial charge in [0.05, 0.1) is 19.9 Å². The number of nitrogens with one attached hydrogen (secondary N) is 1. The molecule has 1 saturated heterocycles. The van der Waals surface area contributed by atoms with Gasteiger partial charge in [-0.05, 0) is 42.7 Å². The van der Waals surface area contributed by atoms with Crippen molar-refractivity contribution in [2.24, 2.45) is 0 Å². The van der Waals surface area contributed by atoms with E-state index < -0.39 is 0 Å². The van der Waals surface area contributed by atoms with Gasteiger partial charge in [0.1, 0.15) is 11.5 Å². The molecule has 1 heterocycles. The Morgan fingerprint density at radius 1 is 1.04 bits per heavy atom. The molecule has 1 fully saturated rings. The van der Waals surface area contributed by atoms with Crippen LogP contribution in [0.25, 0.3) is 0 Å². The molecule has 1 aliphatic rings. The van der Waals surface area contributed by atoms with Gasteiger partial charge in [-0.1, -0.05) is 30.7 Å². The van der Waals surface area contributed by atoms with Crippen LogP contribution in [0.1, 0.15) is 30.7 Å². The number of rotatable bonds is 4. The van der Waals surface area contributed by atoms with E-state index in [-0.39, 0.29) is 6.03 Å². The Labute approximate surface area is 154 Å². The molecule has 1 atom stereocenters. The molecule has 2 aromatic carbocycles. The zero-order chi connectivity index (χ0) is 18.4. The van der Waals surface area contributed by atoms with E-state index >= 15 is 0 Å². The van der Waals surface area contributed by atoms with Crippen molar-refractivity contribution in [1.29, 1.82) is 0 Å². The Morgan fingerprint density at radius 3 is 2.54 bits per heavy atom. The normalized spacial score (nSPS) is 17.3. The molecule has 0 aliphatic carbocycles. The van der Waals surface area contributed by atoms with Crippen LogP contribution >= 0.6 is 0 Å². The molecule has 3 rings (SSSR count). The lowest BCUT2D eigenvalue weighted by atomic mass is 9.94. The van der Waals surface area contributed by atoms with Gasteiger partial charge in [-0.2, -0.15) is 0 Å². The fraction of sp³-hybridized carbons (Fsp3) is 0.381. The minimum atomic E-state index is -0.0742. The molecule has 5 nitrogen and oxygen atoms in total. The highest BCUT2D eigenvalue weighted by atomic mass is 16.5. The van der Waals surface area contributed by atoms with E-state index in [4.69, 9.17) is 9.47 Å². The molecule has 2 amide bonds. The van der Waals surface area contributed by atoms with E-state index in [1.807, 2.05) is 41.3 Å². The number of ether oxygens (including phenoxy) is 2. The molecule has 0 aromatic heterocycles. The average molecular weight is 354 g/mol. The lowest BCUT2D eigenvalue weighted by Gasteiger charge is -2.25. The van der Waals surface area contributed by atoms with Crippen molar-refractivity contribution in [3.63, 3.8) is 0 Å². The highest BCUT2D eigenvalue weighted by Crippen LogP contribution is 2.29. The van der Waals surface area contributed by atoms with E-state index in [1.54, 1.807) is 14.2 Å². The summed E-state index contributed by atoms with van der Waals surface area (Å²) in [5, 5.41) is 2.99. The van der Waals surface area contributed by atoms with Gasteiger partial charge >= 0.3 is 6.03 Å². The molecule has 1 unspecified atom stereocenters. The average Bonchev–Trinajstić information content (AvgIpc) is 2.95. The number of urea groups is 1. The van der Waals surface area contributed by atoms with Gasteiger partial charge in [-0.3, -0.25) is 0 Å². The standard InChI is InChI=1S/C21H26N2O3/c1-25-18-12-10-16(11-13-18)17-7-5-6-14-23(15-17)21(24)22-19-8-3-4-9-20(19)26-2/h3-4,8-13,17H,5-7,14-15H2,1-2H3,(H,22,24). The maximum absolute atomic E-state index is 12.8. The fourth-order valence-electron chi connectivity index (χ4n) is 3.42. The van der Waals surface area contributed by atoms with Gasteiger partial charge < -0.3 is 19.7 Å². The third-order valence-corrected chi connectivity index (χ3v) is 4.89. The number of nitrogens with zero attached hydrogens (tertiary/aromatic N) is 1. The van der Waals surface area contributed by atoms with Crippen molar-refractivity contribution >= 4 is 11.7 Å². The Bertz CT molecular complexity index is 730. The summed E-state index contributed by atoms with van der Waals surface area (Å²) in [6.07, 6.45) is 3.23. The van der Waals surface area contributed by atoms with Crippen molar-refractivity contribution < 1.29 is 14.3 Å². The lowest BCUT2D eigenvalue weighted by molar-refractivity contribution is 0.211. The summed E-state index contributed by atoms with van der Waals surface area (Å²) in [6, 6.07) is 15.6. The summed E-state index contributed by atoms with van der Waals surface area (Å²) in [6.45, 7) is 1.49. The van der Waals surface area contributed by atoms with Gasteiger partial charge in [-0.15, -0.1) is 0 Å². The molecule has 26 heavy (non-hydrogen) atoms. The number of carbonyl (C=O) groups is 1. The first-order chi connectivity index (χ1) is 12.7.